The Balaban J connectivity index is 1.52. The highest BCUT2D eigenvalue weighted by Gasteiger charge is 2.29. The summed E-state index contributed by atoms with van der Waals surface area (Å²) in [6, 6.07) is 8.15. The molecule has 2 aliphatic heterocycles. The van der Waals surface area contributed by atoms with Gasteiger partial charge in [-0.3, -0.25) is 4.99 Å². The van der Waals surface area contributed by atoms with E-state index in [0.29, 0.717) is 39.1 Å². The fourth-order valence-electron chi connectivity index (χ4n) is 3.06. The fourth-order valence-corrected chi connectivity index (χ4v) is 3.06. The van der Waals surface area contributed by atoms with E-state index in [-0.39, 0.29) is 6.10 Å². The van der Waals surface area contributed by atoms with Gasteiger partial charge in [-0.25, -0.2) is 0 Å². The van der Waals surface area contributed by atoms with Gasteiger partial charge in [0.1, 0.15) is 11.9 Å². The Kier molecular flexibility index (Phi) is 5.58. The number of hydrogen-bond donors (Lipinski definition) is 3. The number of aliphatic imine (C=N–C) groups is 1. The van der Waals surface area contributed by atoms with Gasteiger partial charge in [-0.1, -0.05) is 18.2 Å². The van der Waals surface area contributed by atoms with Crippen LogP contribution >= 0.6 is 0 Å². The first-order chi connectivity index (χ1) is 11.7. The molecule has 0 saturated carbocycles. The lowest BCUT2D eigenvalue weighted by Gasteiger charge is -2.30. The Morgan fingerprint density at radius 3 is 2.83 bits per heavy atom. The third-order valence-corrected chi connectivity index (χ3v) is 4.51. The molecule has 0 amide bonds. The third kappa shape index (κ3) is 4.39. The second-order valence-corrected chi connectivity index (χ2v) is 6.46. The summed E-state index contributed by atoms with van der Waals surface area (Å²) in [7, 11) is 0. The van der Waals surface area contributed by atoms with E-state index in [9.17, 15) is 5.11 Å². The molecule has 2 aliphatic rings. The molecule has 6 nitrogen and oxygen atoms in total. The number of fused-ring (bicyclic) bond motifs is 1. The molecule has 24 heavy (non-hydrogen) atoms. The Morgan fingerprint density at radius 2 is 2.08 bits per heavy atom. The molecule has 2 heterocycles. The maximum atomic E-state index is 10.5. The van der Waals surface area contributed by atoms with Crippen LogP contribution in [0.2, 0.25) is 0 Å². The van der Waals surface area contributed by atoms with Gasteiger partial charge in [0.05, 0.1) is 18.7 Å². The van der Waals surface area contributed by atoms with Crippen molar-refractivity contribution in [2.75, 3.05) is 32.8 Å². The molecule has 0 aliphatic carbocycles. The topological polar surface area (TPSA) is 75.1 Å². The minimum absolute atomic E-state index is 0.109. The molecule has 3 rings (SSSR count). The van der Waals surface area contributed by atoms with Crippen LogP contribution in [0.1, 0.15) is 25.3 Å². The highest BCUT2D eigenvalue weighted by molar-refractivity contribution is 5.79. The molecule has 3 N–H and O–H groups in total. The van der Waals surface area contributed by atoms with Crippen molar-refractivity contribution < 1.29 is 14.6 Å². The van der Waals surface area contributed by atoms with Crippen LogP contribution in [0.4, 0.5) is 0 Å². The van der Waals surface area contributed by atoms with Gasteiger partial charge < -0.3 is 25.2 Å². The number of aliphatic hydroxyl groups is 1. The van der Waals surface area contributed by atoms with Gasteiger partial charge in [-0.15, -0.1) is 0 Å². The predicted octanol–water partition coefficient (Wildman–Crippen LogP) is 1.09. The van der Waals surface area contributed by atoms with Crippen LogP contribution in [0.15, 0.2) is 29.3 Å². The molecule has 1 fully saturated rings. The molecular weight excluding hydrogens is 306 g/mol. The van der Waals surface area contributed by atoms with Crippen molar-refractivity contribution in [3.63, 3.8) is 0 Å². The monoisotopic (exact) mass is 333 g/mol. The van der Waals surface area contributed by atoms with Crippen molar-refractivity contribution in [2.45, 2.75) is 37.9 Å². The van der Waals surface area contributed by atoms with Gasteiger partial charge in [0, 0.05) is 39.0 Å². The number of hydrogen-bond acceptors (Lipinski definition) is 4. The first-order valence-corrected chi connectivity index (χ1v) is 8.75. The molecule has 0 aromatic heterocycles. The molecule has 1 aromatic carbocycles. The average Bonchev–Trinajstić information content (AvgIpc) is 3.01. The zero-order chi connectivity index (χ0) is 16.8. The van der Waals surface area contributed by atoms with Crippen LogP contribution in [0.3, 0.4) is 0 Å². The van der Waals surface area contributed by atoms with E-state index in [0.717, 1.165) is 24.7 Å². The number of ether oxygens (including phenoxy) is 2. The minimum Gasteiger partial charge on any atom is -0.488 e. The van der Waals surface area contributed by atoms with Crippen LogP contribution in [0.25, 0.3) is 0 Å². The highest BCUT2D eigenvalue weighted by Crippen LogP contribution is 2.27. The van der Waals surface area contributed by atoms with E-state index in [1.165, 1.54) is 5.56 Å². The number of nitrogens with zero attached hydrogens (tertiary/aromatic N) is 1. The van der Waals surface area contributed by atoms with Gasteiger partial charge >= 0.3 is 0 Å². The van der Waals surface area contributed by atoms with Gasteiger partial charge in [-0.05, 0) is 18.6 Å². The third-order valence-electron chi connectivity index (χ3n) is 4.51. The van der Waals surface area contributed by atoms with Crippen molar-refractivity contribution >= 4 is 5.96 Å². The Hall–Kier alpha value is -1.79. The summed E-state index contributed by atoms with van der Waals surface area (Å²) in [6.07, 6.45) is 2.29. The van der Waals surface area contributed by atoms with Crippen LogP contribution in [0, 0.1) is 0 Å². The van der Waals surface area contributed by atoms with Crippen LogP contribution in [0.5, 0.6) is 5.75 Å². The van der Waals surface area contributed by atoms with Gasteiger partial charge in [-0.2, -0.15) is 0 Å². The van der Waals surface area contributed by atoms with Crippen molar-refractivity contribution in [2.24, 2.45) is 4.99 Å². The minimum atomic E-state index is -0.749. The molecule has 1 unspecified atom stereocenters. The van der Waals surface area contributed by atoms with Gasteiger partial charge in [0.2, 0.25) is 0 Å². The lowest BCUT2D eigenvalue weighted by molar-refractivity contribution is -0.0565. The number of para-hydroxylation sites is 1. The molecule has 1 aromatic rings. The zero-order valence-corrected chi connectivity index (χ0v) is 14.3. The quantitative estimate of drug-likeness (QED) is 0.555. The second kappa shape index (κ2) is 7.85. The highest BCUT2D eigenvalue weighted by atomic mass is 16.5. The average molecular weight is 333 g/mol. The van der Waals surface area contributed by atoms with E-state index in [2.05, 4.69) is 21.7 Å². The maximum absolute atomic E-state index is 10.5. The van der Waals surface area contributed by atoms with Crippen molar-refractivity contribution in [1.82, 2.24) is 10.6 Å². The largest absolute Gasteiger partial charge is 0.488 e. The van der Waals surface area contributed by atoms with Crippen molar-refractivity contribution in [1.29, 1.82) is 0 Å². The number of benzene rings is 1. The fraction of sp³-hybridized carbons (Fsp3) is 0.611. The van der Waals surface area contributed by atoms with E-state index in [1.54, 1.807) is 0 Å². The normalized spacial score (nSPS) is 22.6. The molecule has 132 valence electrons. The molecule has 6 heteroatoms. The van der Waals surface area contributed by atoms with Crippen LogP contribution in [-0.4, -0.2) is 55.6 Å². The van der Waals surface area contributed by atoms with E-state index in [4.69, 9.17) is 9.47 Å². The molecule has 0 radical (unpaired) electrons. The predicted molar refractivity (Wildman–Crippen MR) is 93.5 cm³/mol. The van der Waals surface area contributed by atoms with Crippen molar-refractivity contribution in [3.05, 3.63) is 29.8 Å². The standard InChI is InChI=1S/C18H27N3O3/c1-2-19-17(21-13-18(22)7-9-23-10-8-18)20-12-15-11-14-5-3-4-6-16(14)24-15/h3-6,15,22H,2,7-13H2,1H3,(H2,19,20,21). The molecule has 0 spiro atoms. The SMILES string of the molecule is CCNC(=NCC1(O)CCOCC1)NCC1Cc2ccccc2O1. The first-order valence-electron chi connectivity index (χ1n) is 8.75. The second-order valence-electron chi connectivity index (χ2n) is 6.46. The van der Waals surface area contributed by atoms with Crippen LogP contribution in [-0.2, 0) is 11.2 Å². The summed E-state index contributed by atoms with van der Waals surface area (Å²) < 4.78 is 11.2. The van der Waals surface area contributed by atoms with Gasteiger partial charge in [0.25, 0.3) is 0 Å². The summed E-state index contributed by atoms with van der Waals surface area (Å²) in [5, 5.41) is 17.1. The summed E-state index contributed by atoms with van der Waals surface area (Å²) in [4.78, 5) is 4.55. The van der Waals surface area contributed by atoms with E-state index in [1.807, 2.05) is 25.1 Å². The van der Waals surface area contributed by atoms with E-state index < -0.39 is 5.60 Å². The lowest BCUT2D eigenvalue weighted by atomic mass is 9.95. The lowest BCUT2D eigenvalue weighted by Crippen LogP contribution is -2.44. The molecule has 1 atom stereocenters. The maximum Gasteiger partial charge on any atom is 0.191 e. The molecule has 1 saturated heterocycles. The summed E-state index contributed by atoms with van der Waals surface area (Å²) in [6.45, 7) is 5.08. The summed E-state index contributed by atoms with van der Waals surface area (Å²) in [5.41, 5.74) is 0.503. The Bertz CT molecular complexity index is 545. The zero-order valence-electron chi connectivity index (χ0n) is 14.3. The number of guanidine groups is 1. The Morgan fingerprint density at radius 1 is 1.29 bits per heavy atom. The van der Waals surface area contributed by atoms with Crippen LogP contribution < -0.4 is 15.4 Å². The van der Waals surface area contributed by atoms with E-state index >= 15 is 0 Å². The first kappa shape index (κ1) is 17.0. The number of nitrogens with one attached hydrogen (secondary N) is 2. The number of rotatable bonds is 5. The van der Waals surface area contributed by atoms with Gasteiger partial charge in [0.15, 0.2) is 5.96 Å². The Labute approximate surface area is 143 Å². The molecular formula is C18H27N3O3. The summed E-state index contributed by atoms with van der Waals surface area (Å²) >= 11 is 0. The smallest absolute Gasteiger partial charge is 0.191 e. The summed E-state index contributed by atoms with van der Waals surface area (Å²) in [5.74, 6) is 1.69. The van der Waals surface area contributed by atoms with Crippen molar-refractivity contribution in [3.8, 4) is 5.75 Å². The molecule has 0 bridgehead atoms.